The molecule has 1 unspecified atom stereocenters. The fourth-order valence-electron chi connectivity index (χ4n) is 3.57. The highest BCUT2D eigenvalue weighted by Crippen LogP contribution is 2.27. The number of rotatable bonds is 3. The van der Waals surface area contributed by atoms with Crippen LogP contribution in [0.25, 0.3) is 0 Å². The van der Waals surface area contributed by atoms with E-state index in [0.29, 0.717) is 5.02 Å². The number of guanidine groups is 2. The minimum absolute atomic E-state index is 0. The molecule has 2 aliphatic rings. The van der Waals surface area contributed by atoms with Crippen molar-refractivity contribution in [2.24, 2.45) is 15.7 Å². The van der Waals surface area contributed by atoms with Crippen LogP contribution in [0, 0.1) is 13.8 Å². The predicted octanol–water partition coefficient (Wildman–Crippen LogP) is 4.36. The summed E-state index contributed by atoms with van der Waals surface area (Å²) >= 11 is 6.17. The summed E-state index contributed by atoms with van der Waals surface area (Å²) in [5, 5.41) is 4.12. The number of hydrogen-bond acceptors (Lipinski definition) is 6. The summed E-state index contributed by atoms with van der Waals surface area (Å²) in [6.07, 6.45) is 1.90. The van der Waals surface area contributed by atoms with E-state index in [1.807, 2.05) is 24.3 Å². The van der Waals surface area contributed by atoms with Gasteiger partial charge in [0.15, 0.2) is 0 Å². The Morgan fingerprint density at radius 1 is 1.07 bits per heavy atom. The third-order valence-electron chi connectivity index (χ3n) is 5.21. The Hall–Kier alpha value is -2.44. The van der Waals surface area contributed by atoms with Crippen molar-refractivity contribution in [3.63, 3.8) is 0 Å². The summed E-state index contributed by atoms with van der Waals surface area (Å²) in [6, 6.07) is 14.0. The Labute approximate surface area is 182 Å². The summed E-state index contributed by atoms with van der Waals surface area (Å²) in [4.78, 5) is 13.6. The molecule has 2 aliphatic heterocycles. The van der Waals surface area contributed by atoms with Gasteiger partial charge in [-0.1, -0.05) is 23.7 Å². The summed E-state index contributed by atoms with van der Waals surface area (Å²) in [5.41, 5.74) is 10.5. The number of nitrogens with one attached hydrogen (secondary N) is 1. The van der Waals surface area contributed by atoms with Crippen LogP contribution in [0.3, 0.4) is 0 Å². The monoisotopic (exact) mass is 432 g/mol. The van der Waals surface area contributed by atoms with E-state index in [0.717, 1.165) is 43.3 Å². The molecule has 2 heterocycles. The number of hydrogen-bond donors (Lipinski definition) is 2. The first-order valence-corrected chi connectivity index (χ1v) is 9.94. The first-order valence-electron chi connectivity index (χ1n) is 9.57. The molecule has 154 valence electrons. The number of anilines is 2. The van der Waals surface area contributed by atoms with Gasteiger partial charge in [0, 0.05) is 29.5 Å². The highest BCUT2D eigenvalue weighted by Gasteiger charge is 2.32. The zero-order valence-electron chi connectivity index (χ0n) is 16.6. The standard InChI is InChI=1S/C21H25ClN6.ClH/c1-14-8-9-18(12-15(14)2)28-20(24-17-7-5-6-16(22)13-17)25-19(23)26-21(28)27-10-3-4-11-27;/h5-9,12-13,20,24H,3-4,10-11H2,1-2H3,(H2,23,25);1H. The molecule has 29 heavy (non-hydrogen) atoms. The molecular formula is C21H26Cl2N6. The second-order valence-electron chi connectivity index (χ2n) is 7.26. The quantitative estimate of drug-likeness (QED) is 0.755. The molecule has 0 bridgehead atoms. The number of benzene rings is 2. The SMILES string of the molecule is Cc1ccc(N2C(N3CCCC3)=NC(N)=NC2Nc2cccc(Cl)c2)cc1C.Cl. The molecule has 0 spiro atoms. The number of aliphatic imine (C=N–C) groups is 2. The van der Waals surface area contributed by atoms with Crippen LogP contribution >= 0.6 is 24.0 Å². The van der Waals surface area contributed by atoms with Crippen LogP contribution in [0.1, 0.15) is 24.0 Å². The molecule has 2 aromatic rings. The van der Waals surface area contributed by atoms with Crippen LogP contribution in [-0.4, -0.2) is 36.2 Å². The predicted molar refractivity (Wildman–Crippen MR) is 124 cm³/mol. The van der Waals surface area contributed by atoms with Crippen LogP contribution in [0.4, 0.5) is 11.4 Å². The van der Waals surface area contributed by atoms with Gasteiger partial charge in [-0.15, -0.1) is 12.4 Å². The lowest BCUT2D eigenvalue weighted by Gasteiger charge is -2.38. The van der Waals surface area contributed by atoms with E-state index in [2.05, 4.69) is 57.1 Å². The van der Waals surface area contributed by atoms with Crippen molar-refractivity contribution in [3.05, 3.63) is 58.6 Å². The van der Waals surface area contributed by atoms with E-state index in [-0.39, 0.29) is 18.4 Å². The molecular weight excluding hydrogens is 407 g/mol. The minimum atomic E-state index is -0.409. The van der Waals surface area contributed by atoms with Crippen molar-refractivity contribution in [3.8, 4) is 0 Å². The summed E-state index contributed by atoms with van der Waals surface area (Å²) < 4.78 is 0. The molecule has 8 heteroatoms. The number of halogens is 2. The van der Waals surface area contributed by atoms with Crippen molar-refractivity contribution in [1.82, 2.24) is 4.90 Å². The fourth-order valence-corrected chi connectivity index (χ4v) is 3.76. The maximum absolute atomic E-state index is 6.17. The van der Waals surface area contributed by atoms with Gasteiger partial charge < -0.3 is 16.0 Å². The molecule has 0 aliphatic carbocycles. The van der Waals surface area contributed by atoms with Crippen LogP contribution in [0.15, 0.2) is 52.4 Å². The van der Waals surface area contributed by atoms with E-state index in [1.54, 1.807) is 0 Å². The average molecular weight is 433 g/mol. The van der Waals surface area contributed by atoms with Crippen molar-refractivity contribution in [2.45, 2.75) is 33.0 Å². The van der Waals surface area contributed by atoms with E-state index in [1.165, 1.54) is 11.1 Å². The Morgan fingerprint density at radius 2 is 1.83 bits per heavy atom. The van der Waals surface area contributed by atoms with Gasteiger partial charge in [0.05, 0.1) is 0 Å². The average Bonchev–Trinajstić information content (AvgIpc) is 3.18. The van der Waals surface area contributed by atoms with E-state index < -0.39 is 6.29 Å². The minimum Gasteiger partial charge on any atom is -0.368 e. The molecule has 2 aromatic carbocycles. The molecule has 0 radical (unpaired) electrons. The summed E-state index contributed by atoms with van der Waals surface area (Å²) in [5.74, 6) is 1.12. The highest BCUT2D eigenvalue weighted by molar-refractivity contribution is 6.30. The van der Waals surface area contributed by atoms with Crippen molar-refractivity contribution >= 4 is 47.3 Å². The van der Waals surface area contributed by atoms with Gasteiger partial charge in [-0.05, 0) is 68.1 Å². The maximum atomic E-state index is 6.17. The Balaban J connectivity index is 0.00000240. The van der Waals surface area contributed by atoms with Gasteiger partial charge in [-0.2, -0.15) is 4.99 Å². The van der Waals surface area contributed by atoms with Crippen molar-refractivity contribution in [1.29, 1.82) is 0 Å². The zero-order valence-corrected chi connectivity index (χ0v) is 18.2. The van der Waals surface area contributed by atoms with Gasteiger partial charge in [0.25, 0.3) is 0 Å². The molecule has 6 nitrogen and oxygen atoms in total. The van der Waals surface area contributed by atoms with E-state index >= 15 is 0 Å². The number of nitrogens with zero attached hydrogens (tertiary/aromatic N) is 4. The second-order valence-corrected chi connectivity index (χ2v) is 7.70. The molecule has 4 rings (SSSR count). The molecule has 0 aromatic heterocycles. The molecule has 0 amide bonds. The van der Waals surface area contributed by atoms with Gasteiger partial charge in [0.2, 0.25) is 18.2 Å². The molecule has 3 N–H and O–H groups in total. The van der Waals surface area contributed by atoms with Crippen LogP contribution in [-0.2, 0) is 0 Å². The lowest BCUT2D eigenvalue weighted by Crippen LogP contribution is -2.54. The lowest BCUT2D eigenvalue weighted by molar-refractivity contribution is 0.497. The largest absolute Gasteiger partial charge is 0.368 e. The summed E-state index contributed by atoms with van der Waals surface area (Å²) in [7, 11) is 0. The smallest absolute Gasteiger partial charge is 0.222 e. The number of nitrogens with two attached hydrogens (primary N) is 1. The first kappa shape index (κ1) is 21.3. The first-order chi connectivity index (χ1) is 13.5. The third-order valence-corrected chi connectivity index (χ3v) is 5.44. The Bertz CT molecular complexity index is 937. The zero-order chi connectivity index (χ0) is 19.7. The maximum Gasteiger partial charge on any atom is 0.222 e. The van der Waals surface area contributed by atoms with Gasteiger partial charge in [-0.25, -0.2) is 4.99 Å². The van der Waals surface area contributed by atoms with E-state index in [9.17, 15) is 0 Å². The van der Waals surface area contributed by atoms with Gasteiger partial charge in [0.1, 0.15) is 0 Å². The Kier molecular flexibility index (Phi) is 6.55. The highest BCUT2D eigenvalue weighted by atomic mass is 35.5. The summed E-state index contributed by atoms with van der Waals surface area (Å²) in [6.45, 7) is 6.17. The second kappa shape index (κ2) is 8.93. The molecule has 1 fully saturated rings. The van der Waals surface area contributed by atoms with Gasteiger partial charge in [-0.3, -0.25) is 4.90 Å². The molecule has 1 saturated heterocycles. The van der Waals surface area contributed by atoms with Crippen molar-refractivity contribution < 1.29 is 0 Å². The third kappa shape index (κ3) is 4.60. The topological polar surface area (TPSA) is 69.2 Å². The van der Waals surface area contributed by atoms with Crippen LogP contribution in [0.2, 0.25) is 5.02 Å². The Morgan fingerprint density at radius 3 is 2.52 bits per heavy atom. The number of likely N-dealkylation sites (tertiary alicyclic amines) is 1. The number of aryl methyl sites for hydroxylation is 2. The van der Waals surface area contributed by atoms with Crippen molar-refractivity contribution in [2.75, 3.05) is 23.3 Å². The normalized spacial score (nSPS) is 18.8. The van der Waals surface area contributed by atoms with Gasteiger partial charge >= 0.3 is 0 Å². The van der Waals surface area contributed by atoms with Crippen LogP contribution in [0.5, 0.6) is 0 Å². The molecule has 1 atom stereocenters. The molecule has 0 saturated carbocycles. The lowest BCUT2D eigenvalue weighted by atomic mass is 10.1. The van der Waals surface area contributed by atoms with Crippen LogP contribution < -0.4 is 16.0 Å². The fraction of sp³-hybridized carbons (Fsp3) is 0.333. The van der Waals surface area contributed by atoms with E-state index in [4.69, 9.17) is 17.3 Å².